The monoisotopic (exact) mass is 287 g/mol. The van der Waals surface area contributed by atoms with Crippen LogP contribution in [0.15, 0.2) is 24.3 Å². The first-order valence-electron chi connectivity index (χ1n) is 8.79. The van der Waals surface area contributed by atoms with Gasteiger partial charge in [0.15, 0.2) is 0 Å². The molecule has 0 saturated heterocycles. The van der Waals surface area contributed by atoms with E-state index in [4.69, 9.17) is 0 Å². The van der Waals surface area contributed by atoms with Crippen LogP contribution in [0.25, 0.3) is 0 Å². The lowest BCUT2D eigenvalue weighted by Gasteiger charge is -2.39. The second kappa shape index (κ2) is 6.85. The summed E-state index contributed by atoms with van der Waals surface area (Å²) in [4.78, 5) is 0. The van der Waals surface area contributed by atoms with E-state index in [1.54, 1.807) is 0 Å². The Kier molecular flexibility index (Phi) is 5.35. The summed E-state index contributed by atoms with van der Waals surface area (Å²) in [7, 11) is 0. The Hall–Kier alpha value is -0.980. The summed E-state index contributed by atoms with van der Waals surface area (Å²) in [6, 6.07) is 9.48. The lowest BCUT2D eigenvalue weighted by molar-refractivity contribution is 0.147. The van der Waals surface area contributed by atoms with Gasteiger partial charge in [0, 0.05) is 11.7 Å². The van der Waals surface area contributed by atoms with E-state index in [0.717, 1.165) is 5.92 Å². The molecule has 1 saturated carbocycles. The predicted octanol–water partition coefficient (Wildman–Crippen LogP) is 6.22. The highest BCUT2D eigenvalue weighted by molar-refractivity contribution is 5.53. The van der Waals surface area contributed by atoms with E-state index in [1.165, 1.54) is 43.4 Å². The van der Waals surface area contributed by atoms with Crippen molar-refractivity contribution in [3.63, 3.8) is 0 Å². The van der Waals surface area contributed by atoms with Crippen LogP contribution in [-0.2, 0) is 0 Å². The first-order chi connectivity index (χ1) is 9.94. The van der Waals surface area contributed by atoms with Crippen LogP contribution in [-0.4, -0.2) is 6.04 Å². The Labute approximate surface area is 131 Å². The summed E-state index contributed by atoms with van der Waals surface area (Å²) < 4.78 is 0. The minimum Gasteiger partial charge on any atom is -0.382 e. The summed E-state index contributed by atoms with van der Waals surface area (Å²) in [5, 5.41) is 3.82. The van der Waals surface area contributed by atoms with Crippen molar-refractivity contribution < 1.29 is 0 Å². The molecule has 0 radical (unpaired) electrons. The zero-order valence-electron chi connectivity index (χ0n) is 14.6. The molecule has 1 aliphatic rings. The first-order valence-corrected chi connectivity index (χ1v) is 8.79. The Balaban J connectivity index is 1.95. The average molecular weight is 287 g/mol. The number of para-hydroxylation sites is 1. The minimum atomic E-state index is 0.515. The van der Waals surface area contributed by atoms with Crippen molar-refractivity contribution in [2.24, 2.45) is 11.3 Å². The van der Waals surface area contributed by atoms with Crippen LogP contribution in [0.5, 0.6) is 0 Å². The molecule has 21 heavy (non-hydrogen) atoms. The molecule has 2 rings (SSSR count). The molecule has 1 aromatic rings. The van der Waals surface area contributed by atoms with Gasteiger partial charge in [-0.3, -0.25) is 0 Å². The van der Waals surface area contributed by atoms with Gasteiger partial charge in [-0.25, -0.2) is 0 Å². The number of nitrogens with one attached hydrogen (secondary N) is 1. The molecule has 0 spiro atoms. The SMILES string of the molecule is CCC(C)(C)C1CCC(Nc2ccccc2C(C)C)CC1. The van der Waals surface area contributed by atoms with E-state index in [-0.39, 0.29) is 0 Å². The summed E-state index contributed by atoms with van der Waals surface area (Å²) in [5.41, 5.74) is 3.32. The van der Waals surface area contributed by atoms with Crippen molar-refractivity contribution in [3.05, 3.63) is 29.8 Å². The van der Waals surface area contributed by atoms with Crippen LogP contribution in [0.2, 0.25) is 0 Å². The third-order valence-electron chi connectivity index (χ3n) is 5.69. The van der Waals surface area contributed by atoms with Gasteiger partial charge in [-0.2, -0.15) is 0 Å². The molecule has 0 atom stereocenters. The van der Waals surface area contributed by atoms with Crippen LogP contribution >= 0.6 is 0 Å². The summed E-state index contributed by atoms with van der Waals surface area (Å²) in [6.45, 7) is 11.8. The number of benzene rings is 1. The average Bonchev–Trinajstić information content (AvgIpc) is 2.48. The predicted molar refractivity (Wildman–Crippen MR) is 94.0 cm³/mol. The summed E-state index contributed by atoms with van der Waals surface area (Å²) >= 11 is 0. The maximum absolute atomic E-state index is 3.82. The molecule has 1 aliphatic carbocycles. The van der Waals surface area contributed by atoms with Crippen LogP contribution in [0.3, 0.4) is 0 Å². The van der Waals surface area contributed by atoms with Crippen molar-refractivity contribution >= 4 is 5.69 Å². The zero-order chi connectivity index (χ0) is 15.5. The van der Waals surface area contributed by atoms with Gasteiger partial charge >= 0.3 is 0 Å². The highest BCUT2D eigenvalue weighted by Crippen LogP contribution is 2.41. The third-order valence-corrected chi connectivity index (χ3v) is 5.69. The lowest BCUT2D eigenvalue weighted by Crippen LogP contribution is -2.33. The summed E-state index contributed by atoms with van der Waals surface area (Å²) in [5.74, 6) is 1.49. The molecule has 0 aliphatic heterocycles. The molecule has 1 nitrogen and oxygen atoms in total. The van der Waals surface area contributed by atoms with E-state index in [2.05, 4.69) is 64.2 Å². The molecule has 1 N–H and O–H groups in total. The number of anilines is 1. The smallest absolute Gasteiger partial charge is 0.0377 e. The van der Waals surface area contributed by atoms with Gasteiger partial charge in [-0.15, -0.1) is 0 Å². The van der Waals surface area contributed by atoms with Crippen LogP contribution in [0.1, 0.15) is 78.2 Å². The van der Waals surface area contributed by atoms with Gasteiger partial charge in [0.1, 0.15) is 0 Å². The molecule has 1 heteroatoms. The van der Waals surface area contributed by atoms with Gasteiger partial charge in [0.25, 0.3) is 0 Å². The van der Waals surface area contributed by atoms with Crippen LogP contribution in [0, 0.1) is 11.3 Å². The van der Waals surface area contributed by atoms with Gasteiger partial charge in [-0.1, -0.05) is 59.2 Å². The minimum absolute atomic E-state index is 0.515. The molecular weight excluding hydrogens is 254 g/mol. The van der Waals surface area contributed by atoms with Crippen LogP contribution in [0.4, 0.5) is 5.69 Å². The van der Waals surface area contributed by atoms with Crippen LogP contribution < -0.4 is 5.32 Å². The van der Waals surface area contributed by atoms with Gasteiger partial charge in [-0.05, 0) is 54.6 Å². The number of hydrogen-bond acceptors (Lipinski definition) is 1. The standard InChI is InChI=1S/C20H33N/c1-6-20(4,5)16-11-13-17(14-12-16)21-19-10-8-7-9-18(19)15(2)3/h7-10,15-17,21H,6,11-14H2,1-5H3. The highest BCUT2D eigenvalue weighted by Gasteiger charge is 2.31. The Morgan fingerprint density at radius 1 is 1.10 bits per heavy atom. The summed E-state index contributed by atoms with van der Waals surface area (Å²) in [6.07, 6.45) is 6.69. The molecule has 1 aromatic carbocycles. The van der Waals surface area contributed by atoms with Gasteiger partial charge in [0.2, 0.25) is 0 Å². The molecular formula is C20H33N. The molecule has 0 aromatic heterocycles. The Morgan fingerprint density at radius 3 is 2.29 bits per heavy atom. The van der Waals surface area contributed by atoms with E-state index in [1.807, 2.05) is 0 Å². The Morgan fingerprint density at radius 2 is 1.71 bits per heavy atom. The number of hydrogen-bond donors (Lipinski definition) is 1. The molecule has 0 heterocycles. The molecule has 0 bridgehead atoms. The molecule has 118 valence electrons. The molecule has 0 unspecified atom stereocenters. The van der Waals surface area contributed by atoms with Crippen molar-refractivity contribution in [1.82, 2.24) is 0 Å². The normalized spacial score (nSPS) is 23.3. The third kappa shape index (κ3) is 4.02. The Bertz CT molecular complexity index is 439. The zero-order valence-corrected chi connectivity index (χ0v) is 14.6. The topological polar surface area (TPSA) is 12.0 Å². The molecule has 1 fully saturated rings. The largest absolute Gasteiger partial charge is 0.382 e. The fourth-order valence-electron chi connectivity index (χ4n) is 3.66. The van der Waals surface area contributed by atoms with Crippen molar-refractivity contribution in [2.75, 3.05) is 5.32 Å². The first kappa shape index (κ1) is 16.4. The van der Waals surface area contributed by atoms with Crippen molar-refractivity contribution in [1.29, 1.82) is 0 Å². The van der Waals surface area contributed by atoms with E-state index >= 15 is 0 Å². The van der Waals surface area contributed by atoms with Gasteiger partial charge in [0.05, 0.1) is 0 Å². The van der Waals surface area contributed by atoms with E-state index in [9.17, 15) is 0 Å². The van der Waals surface area contributed by atoms with Gasteiger partial charge < -0.3 is 5.32 Å². The second-order valence-electron chi connectivity index (χ2n) is 7.78. The fraction of sp³-hybridized carbons (Fsp3) is 0.700. The van der Waals surface area contributed by atoms with Crippen molar-refractivity contribution in [3.8, 4) is 0 Å². The second-order valence-corrected chi connectivity index (χ2v) is 7.78. The van der Waals surface area contributed by atoms with E-state index in [0.29, 0.717) is 17.4 Å². The van der Waals surface area contributed by atoms with E-state index < -0.39 is 0 Å². The maximum atomic E-state index is 3.82. The number of rotatable bonds is 5. The quantitative estimate of drug-likeness (QED) is 0.678. The lowest BCUT2D eigenvalue weighted by atomic mass is 9.69. The van der Waals surface area contributed by atoms with Crippen molar-refractivity contribution in [2.45, 2.75) is 78.7 Å². The highest BCUT2D eigenvalue weighted by atomic mass is 14.9. The fourth-order valence-corrected chi connectivity index (χ4v) is 3.66. The maximum Gasteiger partial charge on any atom is 0.0377 e. The molecule has 0 amide bonds.